The standard InChI is InChI=1S/C16H23NO2/c1-19-13-7-5-11-6-8-16(14(11)9-13)17-15-4-2-3-12(15)10-18/h5,7,9,12,15-18H,2-4,6,8,10H2,1H3. The van der Waals surface area contributed by atoms with Crippen LogP contribution in [0.5, 0.6) is 5.75 Å². The summed E-state index contributed by atoms with van der Waals surface area (Å²) >= 11 is 0. The highest BCUT2D eigenvalue weighted by molar-refractivity contribution is 5.40. The Kier molecular flexibility index (Phi) is 3.76. The van der Waals surface area contributed by atoms with Gasteiger partial charge in [0.25, 0.3) is 0 Å². The van der Waals surface area contributed by atoms with Crippen LogP contribution in [0.1, 0.15) is 42.9 Å². The van der Waals surface area contributed by atoms with Crippen molar-refractivity contribution in [1.82, 2.24) is 5.32 Å². The Hall–Kier alpha value is -1.06. The number of hydrogen-bond acceptors (Lipinski definition) is 3. The molecule has 2 aliphatic carbocycles. The van der Waals surface area contributed by atoms with Crippen LogP contribution in [0.4, 0.5) is 0 Å². The molecule has 104 valence electrons. The van der Waals surface area contributed by atoms with Gasteiger partial charge in [0.05, 0.1) is 7.11 Å². The minimum absolute atomic E-state index is 0.315. The number of benzene rings is 1. The Balaban J connectivity index is 1.74. The molecule has 3 heteroatoms. The highest BCUT2D eigenvalue weighted by Gasteiger charge is 2.31. The predicted octanol–water partition coefficient (Wildman–Crippen LogP) is 2.43. The summed E-state index contributed by atoms with van der Waals surface area (Å²) in [6.07, 6.45) is 5.90. The van der Waals surface area contributed by atoms with E-state index in [9.17, 15) is 5.11 Å². The van der Waals surface area contributed by atoms with E-state index < -0.39 is 0 Å². The molecule has 0 bridgehead atoms. The number of rotatable bonds is 4. The van der Waals surface area contributed by atoms with Gasteiger partial charge < -0.3 is 15.2 Å². The van der Waals surface area contributed by atoms with E-state index in [4.69, 9.17) is 4.74 Å². The molecule has 0 aromatic heterocycles. The summed E-state index contributed by atoms with van der Waals surface area (Å²) in [5.41, 5.74) is 2.83. The third-order valence-electron chi connectivity index (χ3n) is 4.74. The Morgan fingerprint density at radius 2 is 2.21 bits per heavy atom. The van der Waals surface area contributed by atoms with E-state index in [1.165, 1.54) is 24.0 Å². The first-order valence-corrected chi connectivity index (χ1v) is 7.35. The molecule has 0 aliphatic heterocycles. The second-order valence-electron chi connectivity index (χ2n) is 5.80. The van der Waals surface area contributed by atoms with Crippen LogP contribution in [-0.4, -0.2) is 24.9 Å². The number of methoxy groups -OCH3 is 1. The van der Waals surface area contributed by atoms with E-state index >= 15 is 0 Å². The molecule has 0 radical (unpaired) electrons. The SMILES string of the molecule is COc1ccc2c(c1)C(NC1CCCC1CO)CC2. The molecule has 0 amide bonds. The van der Waals surface area contributed by atoms with Crippen LogP contribution in [0.25, 0.3) is 0 Å². The van der Waals surface area contributed by atoms with Crippen LogP contribution in [0.2, 0.25) is 0 Å². The quantitative estimate of drug-likeness (QED) is 0.874. The summed E-state index contributed by atoms with van der Waals surface area (Å²) in [7, 11) is 1.72. The first-order valence-electron chi connectivity index (χ1n) is 7.35. The maximum Gasteiger partial charge on any atom is 0.119 e. The molecular weight excluding hydrogens is 238 g/mol. The van der Waals surface area contributed by atoms with Gasteiger partial charge in [0.1, 0.15) is 5.75 Å². The van der Waals surface area contributed by atoms with Gasteiger partial charge in [0, 0.05) is 18.7 Å². The molecular formula is C16H23NO2. The second kappa shape index (κ2) is 5.51. The summed E-state index contributed by atoms with van der Waals surface area (Å²) in [5.74, 6) is 1.38. The molecule has 0 heterocycles. The number of aliphatic hydroxyl groups is 1. The van der Waals surface area contributed by atoms with Crippen molar-refractivity contribution in [3.8, 4) is 5.75 Å². The van der Waals surface area contributed by atoms with Crippen molar-refractivity contribution in [2.75, 3.05) is 13.7 Å². The van der Waals surface area contributed by atoms with Crippen molar-refractivity contribution in [1.29, 1.82) is 0 Å². The van der Waals surface area contributed by atoms with Crippen molar-refractivity contribution < 1.29 is 9.84 Å². The summed E-state index contributed by atoms with van der Waals surface area (Å²) in [6.45, 7) is 0.315. The van der Waals surface area contributed by atoms with E-state index in [0.29, 0.717) is 24.6 Å². The second-order valence-corrected chi connectivity index (χ2v) is 5.80. The Morgan fingerprint density at radius 1 is 1.32 bits per heavy atom. The normalized spacial score (nSPS) is 29.5. The fourth-order valence-electron chi connectivity index (χ4n) is 3.61. The van der Waals surface area contributed by atoms with Gasteiger partial charge in [-0.05, 0) is 54.9 Å². The Morgan fingerprint density at radius 3 is 3.00 bits per heavy atom. The Labute approximate surface area is 115 Å². The third kappa shape index (κ3) is 2.49. The molecule has 0 saturated heterocycles. The summed E-state index contributed by atoms with van der Waals surface area (Å²) < 4.78 is 5.33. The Bertz CT molecular complexity index is 446. The topological polar surface area (TPSA) is 41.5 Å². The van der Waals surface area contributed by atoms with E-state index in [-0.39, 0.29) is 0 Å². The zero-order valence-corrected chi connectivity index (χ0v) is 11.6. The van der Waals surface area contributed by atoms with E-state index in [1.54, 1.807) is 7.11 Å². The predicted molar refractivity (Wildman–Crippen MR) is 75.4 cm³/mol. The molecule has 1 saturated carbocycles. The number of aryl methyl sites for hydroxylation is 1. The zero-order valence-electron chi connectivity index (χ0n) is 11.6. The molecule has 19 heavy (non-hydrogen) atoms. The van der Waals surface area contributed by atoms with Gasteiger partial charge in [-0.25, -0.2) is 0 Å². The maximum absolute atomic E-state index is 9.43. The largest absolute Gasteiger partial charge is 0.497 e. The number of nitrogens with one attached hydrogen (secondary N) is 1. The summed E-state index contributed by atoms with van der Waals surface area (Å²) in [6, 6.07) is 7.32. The average molecular weight is 261 g/mol. The van der Waals surface area contributed by atoms with Crippen LogP contribution in [0.3, 0.4) is 0 Å². The van der Waals surface area contributed by atoms with Crippen molar-refractivity contribution in [2.24, 2.45) is 5.92 Å². The van der Waals surface area contributed by atoms with Crippen molar-refractivity contribution in [2.45, 2.75) is 44.2 Å². The van der Waals surface area contributed by atoms with Crippen LogP contribution in [-0.2, 0) is 6.42 Å². The first kappa shape index (κ1) is 12.9. The van der Waals surface area contributed by atoms with Crippen molar-refractivity contribution in [3.63, 3.8) is 0 Å². The lowest BCUT2D eigenvalue weighted by molar-refractivity contribution is 0.199. The third-order valence-corrected chi connectivity index (χ3v) is 4.74. The minimum atomic E-state index is 0.315. The average Bonchev–Trinajstić information content (AvgIpc) is 3.06. The van der Waals surface area contributed by atoms with Crippen molar-refractivity contribution in [3.05, 3.63) is 29.3 Å². The molecule has 2 aliphatic rings. The van der Waals surface area contributed by atoms with E-state index in [0.717, 1.165) is 25.0 Å². The van der Waals surface area contributed by atoms with Crippen LogP contribution in [0.15, 0.2) is 18.2 Å². The minimum Gasteiger partial charge on any atom is -0.497 e. The van der Waals surface area contributed by atoms with Gasteiger partial charge >= 0.3 is 0 Å². The first-order chi connectivity index (χ1) is 9.31. The lowest BCUT2D eigenvalue weighted by Crippen LogP contribution is -2.36. The highest BCUT2D eigenvalue weighted by atomic mass is 16.5. The number of aliphatic hydroxyl groups excluding tert-OH is 1. The molecule has 2 N–H and O–H groups in total. The highest BCUT2D eigenvalue weighted by Crippen LogP contribution is 2.36. The molecule has 1 fully saturated rings. The lowest BCUT2D eigenvalue weighted by Gasteiger charge is -2.24. The monoisotopic (exact) mass is 261 g/mol. The molecule has 0 spiro atoms. The van der Waals surface area contributed by atoms with Gasteiger partial charge in [-0.15, -0.1) is 0 Å². The van der Waals surface area contributed by atoms with Crippen LogP contribution >= 0.6 is 0 Å². The molecule has 3 atom stereocenters. The van der Waals surface area contributed by atoms with Gasteiger partial charge in [0.15, 0.2) is 0 Å². The zero-order chi connectivity index (χ0) is 13.2. The molecule has 3 unspecified atom stereocenters. The van der Waals surface area contributed by atoms with E-state index in [1.807, 2.05) is 6.07 Å². The summed E-state index contributed by atoms with van der Waals surface area (Å²) in [4.78, 5) is 0. The van der Waals surface area contributed by atoms with Crippen LogP contribution < -0.4 is 10.1 Å². The molecule has 1 aromatic rings. The molecule has 1 aromatic carbocycles. The lowest BCUT2D eigenvalue weighted by atomic mass is 10.0. The maximum atomic E-state index is 9.43. The number of ether oxygens (including phenoxy) is 1. The molecule has 3 nitrogen and oxygen atoms in total. The van der Waals surface area contributed by atoms with Crippen molar-refractivity contribution >= 4 is 0 Å². The fraction of sp³-hybridized carbons (Fsp3) is 0.625. The van der Waals surface area contributed by atoms with Gasteiger partial charge in [-0.2, -0.15) is 0 Å². The summed E-state index contributed by atoms with van der Waals surface area (Å²) in [5, 5.41) is 13.2. The number of hydrogen-bond donors (Lipinski definition) is 2. The fourth-order valence-corrected chi connectivity index (χ4v) is 3.61. The van der Waals surface area contributed by atoms with Gasteiger partial charge in [-0.3, -0.25) is 0 Å². The molecule has 3 rings (SSSR count). The number of fused-ring (bicyclic) bond motifs is 1. The van der Waals surface area contributed by atoms with Gasteiger partial charge in [-0.1, -0.05) is 12.5 Å². The smallest absolute Gasteiger partial charge is 0.119 e. The van der Waals surface area contributed by atoms with Crippen LogP contribution in [0, 0.1) is 5.92 Å². The van der Waals surface area contributed by atoms with E-state index in [2.05, 4.69) is 17.4 Å². The van der Waals surface area contributed by atoms with Gasteiger partial charge in [0.2, 0.25) is 0 Å².